The van der Waals surface area contributed by atoms with E-state index in [1.165, 1.54) is 0 Å². The summed E-state index contributed by atoms with van der Waals surface area (Å²) in [5.74, 6) is 0. The first kappa shape index (κ1) is 20.9. The minimum Gasteiger partial charge on any atom is -0.456 e. The molecular weight excluding hydrogens is 544 g/mol. The summed E-state index contributed by atoms with van der Waals surface area (Å²) in [5, 5.41) is 5.66. The van der Waals surface area contributed by atoms with Crippen molar-refractivity contribution >= 4 is 43.5 Å². The van der Waals surface area contributed by atoms with Crippen molar-refractivity contribution < 1.29 is 11.3 Å². The van der Waals surface area contributed by atoms with Crippen LogP contribution in [0.15, 0.2) is 174 Å². The van der Waals surface area contributed by atoms with Gasteiger partial charge < -0.3 is 4.42 Å². The molecule has 1 heterocycles. The van der Waals surface area contributed by atoms with Crippen molar-refractivity contribution in [2.24, 2.45) is 0 Å². The number of benzene rings is 8. The molecule has 1 heteroatoms. The van der Waals surface area contributed by atoms with Crippen molar-refractivity contribution in [1.29, 1.82) is 0 Å². The Morgan fingerprint density at radius 2 is 0.933 bits per heavy atom. The standard InChI is InChI=1S/C44H28O/c1-3-14-29(15-4-1)41-34-20-7-9-22-36(34)42(37-23-10-8-21-35(37)41)32-19-13-18-31(28-32)33-26-27-40-44(38-24-11-12-25-39(38)45-40)43(33)30-16-5-2-6-17-30/h1-28H/i1D,3D,4D,14D,15D. The lowest BCUT2D eigenvalue weighted by Crippen LogP contribution is -1.91. The molecule has 210 valence electrons. The summed E-state index contributed by atoms with van der Waals surface area (Å²) in [6.07, 6.45) is 0. The molecule has 8 aromatic carbocycles. The fourth-order valence-corrected chi connectivity index (χ4v) is 6.89. The Morgan fingerprint density at radius 1 is 0.378 bits per heavy atom. The molecule has 9 aromatic rings. The van der Waals surface area contributed by atoms with Gasteiger partial charge in [-0.05, 0) is 78.7 Å². The Balaban J connectivity index is 1.35. The topological polar surface area (TPSA) is 13.1 Å². The monoisotopic (exact) mass is 577 g/mol. The smallest absolute Gasteiger partial charge is 0.136 e. The molecule has 0 unspecified atom stereocenters. The summed E-state index contributed by atoms with van der Waals surface area (Å²) in [4.78, 5) is 0. The fraction of sp³-hybridized carbons (Fsp3) is 0. The Kier molecular flexibility index (Phi) is 4.81. The van der Waals surface area contributed by atoms with Gasteiger partial charge in [-0.2, -0.15) is 0 Å². The molecule has 1 aromatic heterocycles. The van der Waals surface area contributed by atoms with Gasteiger partial charge in [-0.25, -0.2) is 0 Å². The summed E-state index contributed by atoms with van der Waals surface area (Å²) >= 11 is 0. The predicted molar refractivity (Wildman–Crippen MR) is 190 cm³/mol. The zero-order chi connectivity index (χ0) is 34.1. The van der Waals surface area contributed by atoms with E-state index in [1.54, 1.807) is 0 Å². The number of rotatable bonds is 4. The van der Waals surface area contributed by atoms with E-state index >= 15 is 0 Å². The molecule has 0 amide bonds. The summed E-state index contributed by atoms with van der Waals surface area (Å²) in [7, 11) is 0. The molecule has 1 nitrogen and oxygen atoms in total. The summed E-state index contributed by atoms with van der Waals surface area (Å²) in [5.41, 5.74) is 8.91. The average Bonchev–Trinajstić information content (AvgIpc) is 3.55. The van der Waals surface area contributed by atoms with Gasteiger partial charge >= 0.3 is 0 Å². The van der Waals surface area contributed by atoms with E-state index in [-0.39, 0.29) is 29.7 Å². The molecule has 0 radical (unpaired) electrons. The van der Waals surface area contributed by atoms with E-state index in [0.717, 1.165) is 76.9 Å². The first-order valence-electron chi connectivity index (χ1n) is 17.5. The van der Waals surface area contributed by atoms with E-state index in [9.17, 15) is 0 Å². The maximum Gasteiger partial charge on any atom is 0.136 e. The average molecular weight is 578 g/mol. The van der Waals surface area contributed by atoms with Crippen LogP contribution in [0, 0.1) is 0 Å². The second kappa shape index (κ2) is 10.4. The van der Waals surface area contributed by atoms with Gasteiger partial charge in [0.25, 0.3) is 0 Å². The summed E-state index contributed by atoms with van der Waals surface area (Å²) in [6, 6.07) is 45.8. The van der Waals surface area contributed by atoms with Gasteiger partial charge in [0.2, 0.25) is 0 Å². The van der Waals surface area contributed by atoms with Crippen LogP contribution < -0.4 is 0 Å². The van der Waals surface area contributed by atoms with Crippen molar-refractivity contribution in [1.82, 2.24) is 0 Å². The minimum atomic E-state index is -0.401. The highest BCUT2D eigenvalue weighted by Gasteiger charge is 2.20. The van der Waals surface area contributed by atoms with E-state index in [4.69, 9.17) is 11.3 Å². The van der Waals surface area contributed by atoms with Crippen LogP contribution in [0.1, 0.15) is 6.85 Å². The van der Waals surface area contributed by atoms with Gasteiger partial charge in [-0.15, -0.1) is 0 Å². The summed E-state index contributed by atoms with van der Waals surface area (Å²) in [6.45, 7) is 0. The largest absolute Gasteiger partial charge is 0.456 e. The number of hydrogen-bond donors (Lipinski definition) is 0. The number of hydrogen-bond acceptors (Lipinski definition) is 1. The minimum absolute atomic E-state index is 0.205. The molecule has 0 fully saturated rings. The first-order valence-corrected chi connectivity index (χ1v) is 15.0. The zero-order valence-corrected chi connectivity index (χ0v) is 24.2. The van der Waals surface area contributed by atoms with E-state index in [1.807, 2.05) is 60.7 Å². The first-order chi connectivity index (χ1) is 24.4. The van der Waals surface area contributed by atoms with E-state index < -0.39 is 6.04 Å². The molecule has 0 saturated carbocycles. The predicted octanol–water partition coefficient (Wildman–Crippen LogP) is 12.6. The van der Waals surface area contributed by atoms with Crippen LogP contribution in [0.2, 0.25) is 0 Å². The summed E-state index contributed by atoms with van der Waals surface area (Å²) < 4.78 is 49.1. The van der Waals surface area contributed by atoms with Crippen molar-refractivity contribution in [3.8, 4) is 44.5 Å². The Labute approximate surface area is 268 Å². The molecule has 45 heavy (non-hydrogen) atoms. The Morgan fingerprint density at radius 3 is 1.62 bits per heavy atom. The van der Waals surface area contributed by atoms with Gasteiger partial charge in [0.15, 0.2) is 0 Å². The maximum atomic E-state index is 8.87. The molecule has 0 atom stereocenters. The van der Waals surface area contributed by atoms with E-state index in [2.05, 4.69) is 78.9 Å². The van der Waals surface area contributed by atoms with Crippen molar-refractivity contribution in [2.45, 2.75) is 0 Å². The van der Waals surface area contributed by atoms with Gasteiger partial charge in [-0.3, -0.25) is 0 Å². The lowest BCUT2D eigenvalue weighted by Gasteiger charge is -2.18. The van der Waals surface area contributed by atoms with E-state index in [0.29, 0.717) is 5.56 Å². The third-order valence-corrected chi connectivity index (χ3v) is 8.75. The van der Waals surface area contributed by atoms with Crippen LogP contribution in [0.3, 0.4) is 0 Å². The fourth-order valence-electron chi connectivity index (χ4n) is 6.89. The van der Waals surface area contributed by atoms with Crippen molar-refractivity contribution in [3.63, 3.8) is 0 Å². The normalized spacial score (nSPS) is 13.1. The van der Waals surface area contributed by atoms with Crippen LogP contribution in [-0.4, -0.2) is 0 Å². The van der Waals surface area contributed by atoms with Crippen LogP contribution in [0.5, 0.6) is 0 Å². The molecular formula is C44H28O. The molecule has 9 rings (SSSR count). The molecule has 0 aliphatic rings. The number of fused-ring (bicyclic) bond motifs is 5. The lowest BCUT2D eigenvalue weighted by molar-refractivity contribution is 0.669. The van der Waals surface area contributed by atoms with Gasteiger partial charge in [0, 0.05) is 16.3 Å². The third-order valence-electron chi connectivity index (χ3n) is 8.75. The van der Waals surface area contributed by atoms with Crippen LogP contribution in [0.25, 0.3) is 88.0 Å². The van der Waals surface area contributed by atoms with Gasteiger partial charge in [0.1, 0.15) is 11.2 Å². The zero-order valence-electron chi connectivity index (χ0n) is 29.2. The van der Waals surface area contributed by atoms with Crippen LogP contribution in [0.4, 0.5) is 0 Å². The number of furan rings is 1. The molecule has 0 spiro atoms. The van der Waals surface area contributed by atoms with Crippen LogP contribution >= 0.6 is 0 Å². The molecule has 0 bridgehead atoms. The van der Waals surface area contributed by atoms with Gasteiger partial charge in [-0.1, -0.05) is 152 Å². The van der Waals surface area contributed by atoms with Crippen LogP contribution in [-0.2, 0) is 0 Å². The Hall–Kier alpha value is -5.92. The third kappa shape index (κ3) is 4.09. The molecule has 0 saturated heterocycles. The maximum absolute atomic E-state index is 8.87. The second-order valence-corrected chi connectivity index (χ2v) is 11.2. The molecule has 0 aliphatic carbocycles. The highest BCUT2D eigenvalue weighted by molar-refractivity contribution is 6.22. The SMILES string of the molecule is [2H]c1c([2H])c([2H])c(-c2c3ccccc3c(-c3cccc(-c4ccc5oc6ccccc6c5c4-c4ccccc4)c3)c3ccccc23)c([2H])c1[2H]. The Bertz CT molecular complexity index is 2730. The highest BCUT2D eigenvalue weighted by atomic mass is 16.3. The van der Waals surface area contributed by atoms with Crippen molar-refractivity contribution in [2.75, 3.05) is 0 Å². The lowest BCUT2D eigenvalue weighted by atomic mass is 9.85. The molecule has 0 aliphatic heterocycles. The number of para-hydroxylation sites is 1. The highest BCUT2D eigenvalue weighted by Crippen LogP contribution is 2.46. The van der Waals surface area contributed by atoms with Crippen molar-refractivity contribution in [3.05, 3.63) is 170 Å². The second-order valence-electron chi connectivity index (χ2n) is 11.2. The molecule has 0 N–H and O–H groups in total. The quantitative estimate of drug-likeness (QED) is 0.190. The van der Waals surface area contributed by atoms with Gasteiger partial charge in [0.05, 0.1) is 6.85 Å².